The summed E-state index contributed by atoms with van der Waals surface area (Å²) in [6, 6.07) is 10.9. The molecule has 8 nitrogen and oxygen atoms in total. The number of carbonyl (C=O) groups is 1. The van der Waals surface area contributed by atoms with Crippen LogP contribution in [0.25, 0.3) is 0 Å². The zero-order valence-corrected chi connectivity index (χ0v) is 18.9. The Kier molecular flexibility index (Phi) is 7.40. The van der Waals surface area contributed by atoms with Crippen LogP contribution in [-0.4, -0.2) is 71.1 Å². The second-order valence-corrected chi connectivity index (χ2v) is 8.97. The van der Waals surface area contributed by atoms with E-state index in [1.165, 1.54) is 32.4 Å². The fourth-order valence-electron chi connectivity index (χ4n) is 3.59. The van der Waals surface area contributed by atoms with Crippen LogP contribution in [0.2, 0.25) is 0 Å². The number of hydrogen-bond acceptors (Lipinski definition) is 6. The molecule has 0 aromatic heterocycles. The van der Waals surface area contributed by atoms with E-state index in [1.807, 2.05) is 4.90 Å². The number of methoxy groups -OCH3 is 2. The van der Waals surface area contributed by atoms with E-state index in [2.05, 4.69) is 16.5 Å². The van der Waals surface area contributed by atoms with Gasteiger partial charge in [-0.25, -0.2) is 8.42 Å². The Labute approximate surface area is 183 Å². The number of nitrogens with zero attached hydrogens (tertiary/aromatic N) is 2. The van der Waals surface area contributed by atoms with Gasteiger partial charge in [-0.05, 0) is 49.8 Å². The third-order valence-corrected chi connectivity index (χ3v) is 6.73. The predicted molar refractivity (Wildman–Crippen MR) is 119 cm³/mol. The number of benzene rings is 2. The van der Waals surface area contributed by atoms with Crippen molar-refractivity contribution < 1.29 is 22.7 Å². The minimum absolute atomic E-state index is 0.0362. The van der Waals surface area contributed by atoms with Gasteiger partial charge in [-0.1, -0.05) is 13.0 Å². The molecule has 168 valence electrons. The highest BCUT2D eigenvalue weighted by molar-refractivity contribution is 7.92. The molecule has 0 aliphatic carbocycles. The average molecular weight is 448 g/mol. The van der Waals surface area contributed by atoms with Gasteiger partial charge in [0, 0.05) is 37.0 Å². The first-order valence-corrected chi connectivity index (χ1v) is 11.7. The van der Waals surface area contributed by atoms with E-state index in [9.17, 15) is 13.2 Å². The number of ether oxygens (including phenoxy) is 2. The molecule has 1 N–H and O–H groups in total. The number of nitrogens with one attached hydrogen (secondary N) is 1. The Hall–Kier alpha value is -2.78. The van der Waals surface area contributed by atoms with E-state index >= 15 is 0 Å². The number of sulfonamides is 1. The topological polar surface area (TPSA) is 88.2 Å². The molecule has 2 aromatic carbocycles. The Morgan fingerprint density at radius 2 is 1.77 bits per heavy atom. The van der Waals surface area contributed by atoms with Crippen molar-refractivity contribution >= 4 is 21.6 Å². The maximum Gasteiger partial charge on any atom is 0.262 e. The SMILES string of the molecule is CCN1CCCN(C(=O)c2cccc(NS(=O)(=O)c3ccc(OC)c(OC)c3)c2)CC1. The Bertz CT molecular complexity index is 1030. The Morgan fingerprint density at radius 3 is 2.48 bits per heavy atom. The van der Waals surface area contributed by atoms with Crippen molar-refractivity contribution in [3.05, 3.63) is 48.0 Å². The highest BCUT2D eigenvalue weighted by atomic mass is 32.2. The quantitative estimate of drug-likeness (QED) is 0.702. The van der Waals surface area contributed by atoms with E-state index in [-0.39, 0.29) is 10.8 Å². The predicted octanol–water partition coefficient (Wildman–Crippen LogP) is 2.67. The highest BCUT2D eigenvalue weighted by Crippen LogP contribution is 2.30. The van der Waals surface area contributed by atoms with Crippen molar-refractivity contribution in [2.45, 2.75) is 18.2 Å². The maximum atomic E-state index is 13.0. The van der Waals surface area contributed by atoms with Gasteiger partial charge in [-0.2, -0.15) is 0 Å². The van der Waals surface area contributed by atoms with Gasteiger partial charge in [0.25, 0.3) is 15.9 Å². The zero-order valence-electron chi connectivity index (χ0n) is 18.1. The summed E-state index contributed by atoms with van der Waals surface area (Å²) in [5.41, 5.74) is 0.781. The summed E-state index contributed by atoms with van der Waals surface area (Å²) < 4.78 is 38.6. The smallest absolute Gasteiger partial charge is 0.262 e. The summed E-state index contributed by atoms with van der Waals surface area (Å²) in [6.45, 7) is 6.26. The van der Waals surface area contributed by atoms with Crippen LogP contribution >= 0.6 is 0 Å². The van der Waals surface area contributed by atoms with Gasteiger partial charge in [-0.3, -0.25) is 9.52 Å². The van der Waals surface area contributed by atoms with Gasteiger partial charge in [0.05, 0.1) is 19.1 Å². The molecular weight excluding hydrogens is 418 g/mol. The van der Waals surface area contributed by atoms with E-state index in [4.69, 9.17) is 9.47 Å². The Morgan fingerprint density at radius 1 is 1.00 bits per heavy atom. The molecule has 1 saturated heterocycles. The first kappa shape index (κ1) is 22.9. The number of hydrogen-bond donors (Lipinski definition) is 1. The zero-order chi connectivity index (χ0) is 22.4. The first-order chi connectivity index (χ1) is 14.9. The summed E-state index contributed by atoms with van der Waals surface area (Å²) in [6.07, 6.45) is 0.922. The molecule has 9 heteroatoms. The number of rotatable bonds is 7. The van der Waals surface area contributed by atoms with Crippen LogP contribution in [-0.2, 0) is 10.0 Å². The number of anilines is 1. The molecule has 0 atom stereocenters. The molecule has 1 aliphatic heterocycles. The van der Waals surface area contributed by atoms with E-state index in [1.54, 1.807) is 24.3 Å². The van der Waals surface area contributed by atoms with Crippen LogP contribution < -0.4 is 14.2 Å². The summed E-state index contributed by atoms with van der Waals surface area (Å²) in [5.74, 6) is 0.662. The normalized spacial score (nSPS) is 15.3. The number of carbonyl (C=O) groups excluding carboxylic acids is 1. The van der Waals surface area contributed by atoms with Crippen molar-refractivity contribution in [3.63, 3.8) is 0 Å². The lowest BCUT2D eigenvalue weighted by molar-refractivity contribution is 0.0762. The third kappa shape index (κ3) is 5.48. The molecule has 1 heterocycles. The minimum atomic E-state index is -3.87. The fraction of sp³-hybridized carbons (Fsp3) is 0.409. The van der Waals surface area contributed by atoms with Gasteiger partial charge < -0.3 is 19.3 Å². The second-order valence-electron chi connectivity index (χ2n) is 7.28. The van der Waals surface area contributed by atoms with Gasteiger partial charge in [0.2, 0.25) is 0 Å². The molecule has 0 bridgehead atoms. The van der Waals surface area contributed by atoms with Gasteiger partial charge in [0.1, 0.15) is 0 Å². The monoisotopic (exact) mass is 447 g/mol. The van der Waals surface area contributed by atoms with Crippen molar-refractivity contribution in [2.24, 2.45) is 0 Å². The molecular formula is C22H29N3O5S. The molecule has 31 heavy (non-hydrogen) atoms. The van der Waals surface area contributed by atoms with Gasteiger partial charge in [-0.15, -0.1) is 0 Å². The van der Waals surface area contributed by atoms with Crippen LogP contribution in [0, 0.1) is 0 Å². The van der Waals surface area contributed by atoms with Crippen LogP contribution in [0.3, 0.4) is 0 Å². The maximum absolute atomic E-state index is 13.0. The first-order valence-electron chi connectivity index (χ1n) is 10.2. The van der Waals surface area contributed by atoms with E-state index in [0.717, 1.165) is 26.1 Å². The molecule has 0 saturated carbocycles. The lowest BCUT2D eigenvalue weighted by Gasteiger charge is -2.21. The fourth-order valence-corrected chi connectivity index (χ4v) is 4.65. The van der Waals surface area contributed by atoms with Crippen molar-refractivity contribution in [2.75, 3.05) is 51.7 Å². The average Bonchev–Trinajstić information content (AvgIpc) is 3.03. The molecule has 2 aromatic rings. The molecule has 0 spiro atoms. The molecule has 0 radical (unpaired) electrons. The van der Waals surface area contributed by atoms with Crippen molar-refractivity contribution in [3.8, 4) is 11.5 Å². The molecule has 3 rings (SSSR count). The van der Waals surface area contributed by atoms with E-state index in [0.29, 0.717) is 35.8 Å². The van der Waals surface area contributed by atoms with Crippen molar-refractivity contribution in [1.82, 2.24) is 9.80 Å². The Balaban J connectivity index is 1.77. The lowest BCUT2D eigenvalue weighted by Crippen LogP contribution is -2.35. The minimum Gasteiger partial charge on any atom is -0.493 e. The summed E-state index contributed by atoms with van der Waals surface area (Å²) in [7, 11) is -0.945. The van der Waals surface area contributed by atoms with Crippen LogP contribution in [0.5, 0.6) is 11.5 Å². The summed E-state index contributed by atoms with van der Waals surface area (Å²) in [4.78, 5) is 17.2. The van der Waals surface area contributed by atoms with E-state index < -0.39 is 10.0 Å². The second kappa shape index (κ2) is 10.0. The third-order valence-electron chi connectivity index (χ3n) is 5.35. The standard InChI is InChI=1S/C22H29N3O5S/c1-4-24-11-6-12-25(14-13-24)22(26)17-7-5-8-18(15-17)23-31(27,28)19-9-10-20(29-2)21(16-19)30-3/h5,7-10,15-16,23H,4,6,11-14H2,1-3H3. The van der Waals surface area contributed by atoms with Crippen LogP contribution in [0.4, 0.5) is 5.69 Å². The summed E-state index contributed by atoms with van der Waals surface area (Å²) >= 11 is 0. The van der Waals surface area contributed by atoms with Crippen LogP contribution in [0.15, 0.2) is 47.4 Å². The van der Waals surface area contributed by atoms with Crippen LogP contribution in [0.1, 0.15) is 23.7 Å². The number of amides is 1. The van der Waals surface area contributed by atoms with Gasteiger partial charge >= 0.3 is 0 Å². The lowest BCUT2D eigenvalue weighted by atomic mass is 10.1. The molecule has 1 fully saturated rings. The molecule has 1 aliphatic rings. The van der Waals surface area contributed by atoms with Crippen molar-refractivity contribution in [1.29, 1.82) is 0 Å². The summed E-state index contributed by atoms with van der Waals surface area (Å²) in [5, 5.41) is 0. The molecule has 1 amide bonds. The number of likely N-dealkylation sites (N-methyl/N-ethyl adjacent to an activating group) is 1. The molecule has 0 unspecified atom stereocenters. The van der Waals surface area contributed by atoms with Gasteiger partial charge in [0.15, 0.2) is 11.5 Å². The largest absolute Gasteiger partial charge is 0.493 e. The highest BCUT2D eigenvalue weighted by Gasteiger charge is 2.21.